The number of anilines is 1. The minimum atomic E-state index is -4.24. The van der Waals surface area contributed by atoms with Crippen LogP contribution in [0.1, 0.15) is 6.42 Å². The maximum absolute atomic E-state index is 13.0. The van der Waals surface area contributed by atoms with Crippen LogP contribution in [0.25, 0.3) is 0 Å². The molecule has 0 spiro atoms. The van der Waals surface area contributed by atoms with Gasteiger partial charge in [-0.1, -0.05) is 11.6 Å². The third-order valence-electron chi connectivity index (χ3n) is 3.00. The van der Waals surface area contributed by atoms with Crippen molar-refractivity contribution >= 4 is 17.3 Å². The minimum absolute atomic E-state index is 0.0773. The Balaban J connectivity index is 2.28. The highest BCUT2D eigenvalue weighted by Gasteiger charge is 2.44. The molecule has 0 radical (unpaired) electrons. The number of halogens is 4. The van der Waals surface area contributed by atoms with Crippen molar-refractivity contribution in [2.45, 2.75) is 18.6 Å². The average molecular weight is 279 g/mol. The van der Waals surface area contributed by atoms with Gasteiger partial charge in [0, 0.05) is 23.8 Å². The molecule has 2 nitrogen and oxygen atoms in total. The Kier molecular flexibility index (Phi) is 4.02. The van der Waals surface area contributed by atoms with Crippen molar-refractivity contribution < 1.29 is 13.2 Å². The van der Waals surface area contributed by atoms with Crippen LogP contribution in [0.5, 0.6) is 0 Å². The molecule has 1 heterocycles. The molecule has 1 atom stereocenters. The highest BCUT2D eigenvalue weighted by Crippen LogP contribution is 2.30. The Morgan fingerprint density at radius 2 is 1.89 bits per heavy atom. The van der Waals surface area contributed by atoms with E-state index in [4.69, 9.17) is 11.6 Å². The molecule has 0 aromatic heterocycles. The van der Waals surface area contributed by atoms with Gasteiger partial charge in [0.15, 0.2) is 0 Å². The van der Waals surface area contributed by atoms with Gasteiger partial charge in [0.25, 0.3) is 0 Å². The molecule has 100 valence electrons. The number of rotatable bonds is 1. The smallest absolute Gasteiger partial charge is 0.359 e. The third kappa shape index (κ3) is 3.09. The third-order valence-corrected chi connectivity index (χ3v) is 3.25. The van der Waals surface area contributed by atoms with Crippen LogP contribution < -0.4 is 10.2 Å². The molecule has 0 amide bonds. The van der Waals surface area contributed by atoms with E-state index in [1.165, 1.54) is 4.90 Å². The predicted molar refractivity (Wildman–Crippen MR) is 66.1 cm³/mol. The van der Waals surface area contributed by atoms with Gasteiger partial charge < -0.3 is 10.2 Å². The van der Waals surface area contributed by atoms with Gasteiger partial charge in [-0.2, -0.15) is 13.2 Å². The van der Waals surface area contributed by atoms with Crippen molar-refractivity contribution in [3.63, 3.8) is 0 Å². The van der Waals surface area contributed by atoms with Gasteiger partial charge >= 0.3 is 6.18 Å². The number of nitrogens with one attached hydrogen (secondary N) is 1. The summed E-state index contributed by atoms with van der Waals surface area (Å²) < 4.78 is 39.1. The van der Waals surface area contributed by atoms with Crippen molar-refractivity contribution in [1.82, 2.24) is 5.32 Å². The lowest BCUT2D eigenvalue weighted by Crippen LogP contribution is -2.49. The monoisotopic (exact) mass is 278 g/mol. The van der Waals surface area contributed by atoms with E-state index in [0.717, 1.165) is 0 Å². The van der Waals surface area contributed by atoms with Gasteiger partial charge in [0.05, 0.1) is 0 Å². The van der Waals surface area contributed by atoms with E-state index in [9.17, 15) is 13.2 Å². The Morgan fingerprint density at radius 1 is 1.22 bits per heavy atom. The summed E-state index contributed by atoms with van der Waals surface area (Å²) in [6, 6.07) is 5.01. The first-order valence-electron chi connectivity index (χ1n) is 5.78. The molecule has 18 heavy (non-hydrogen) atoms. The van der Waals surface area contributed by atoms with E-state index < -0.39 is 12.2 Å². The largest absolute Gasteiger partial charge is 0.409 e. The summed E-state index contributed by atoms with van der Waals surface area (Å²) in [5.41, 5.74) is 0.561. The van der Waals surface area contributed by atoms with Crippen molar-refractivity contribution in [3.05, 3.63) is 29.3 Å². The molecule has 1 N–H and O–H groups in total. The maximum Gasteiger partial charge on any atom is 0.409 e. The second kappa shape index (κ2) is 5.36. The van der Waals surface area contributed by atoms with Crippen LogP contribution in [0, 0.1) is 0 Å². The first-order valence-corrected chi connectivity index (χ1v) is 6.16. The zero-order valence-electron chi connectivity index (χ0n) is 9.67. The fourth-order valence-electron chi connectivity index (χ4n) is 2.11. The lowest BCUT2D eigenvalue weighted by atomic mass is 10.2. The van der Waals surface area contributed by atoms with E-state index in [1.54, 1.807) is 24.3 Å². The van der Waals surface area contributed by atoms with Crippen LogP contribution in [0.3, 0.4) is 0 Å². The van der Waals surface area contributed by atoms with Crippen molar-refractivity contribution in [1.29, 1.82) is 0 Å². The molecular formula is C12H14ClF3N2. The SMILES string of the molecule is FC(F)(F)C1CNCCCN1c1ccc(Cl)cc1. The fourth-order valence-corrected chi connectivity index (χ4v) is 2.24. The van der Waals surface area contributed by atoms with Gasteiger partial charge in [0.1, 0.15) is 6.04 Å². The lowest BCUT2D eigenvalue weighted by molar-refractivity contribution is -0.147. The summed E-state index contributed by atoms with van der Waals surface area (Å²) in [6.45, 7) is 0.918. The summed E-state index contributed by atoms with van der Waals surface area (Å²) in [7, 11) is 0. The van der Waals surface area contributed by atoms with Crippen molar-refractivity contribution in [2.24, 2.45) is 0 Å². The summed E-state index contributed by atoms with van der Waals surface area (Å²) in [5, 5.41) is 3.35. The van der Waals surface area contributed by atoms with Gasteiger partial charge in [-0.05, 0) is 37.2 Å². The average Bonchev–Trinajstić information content (AvgIpc) is 2.54. The number of alkyl halides is 3. The molecule has 1 saturated heterocycles. The zero-order chi connectivity index (χ0) is 13.2. The highest BCUT2D eigenvalue weighted by atomic mass is 35.5. The first kappa shape index (κ1) is 13.5. The molecule has 0 saturated carbocycles. The number of benzene rings is 1. The molecule has 1 aliphatic rings. The Morgan fingerprint density at radius 3 is 2.50 bits per heavy atom. The zero-order valence-corrected chi connectivity index (χ0v) is 10.4. The van der Waals surface area contributed by atoms with Crippen molar-refractivity contribution in [2.75, 3.05) is 24.5 Å². The molecule has 1 unspecified atom stereocenters. The van der Waals surface area contributed by atoms with Crippen LogP contribution >= 0.6 is 11.6 Å². The summed E-state index contributed by atoms with van der Waals surface area (Å²) >= 11 is 5.76. The molecule has 1 aromatic rings. The quantitative estimate of drug-likeness (QED) is 0.849. The minimum Gasteiger partial charge on any atom is -0.359 e. The highest BCUT2D eigenvalue weighted by molar-refractivity contribution is 6.30. The molecule has 1 aliphatic heterocycles. The van der Waals surface area contributed by atoms with Crippen LogP contribution in [0.4, 0.5) is 18.9 Å². The molecule has 1 fully saturated rings. The number of nitrogens with zero attached hydrogens (tertiary/aromatic N) is 1. The Hall–Kier alpha value is -0.940. The number of hydrogen-bond acceptors (Lipinski definition) is 2. The predicted octanol–water partition coefficient (Wildman–Crippen LogP) is 3.07. The van der Waals surface area contributed by atoms with Gasteiger partial charge in [-0.25, -0.2) is 0 Å². The van der Waals surface area contributed by atoms with Gasteiger partial charge in [-0.15, -0.1) is 0 Å². The van der Waals surface area contributed by atoms with Gasteiger partial charge in [-0.3, -0.25) is 0 Å². The summed E-state index contributed by atoms with van der Waals surface area (Å²) in [4.78, 5) is 1.40. The van der Waals surface area contributed by atoms with E-state index in [1.807, 2.05) is 0 Å². The Bertz CT molecular complexity index is 391. The molecule has 0 bridgehead atoms. The molecule has 1 aromatic carbocycles. The fraction of sp³-hybridized carbons (Fsp3) is 0.500. The van der Waals surface area contributed by atoms with Crippen LogP contribution in [0.15, 0.2) is 24.3 Å². The van der Waals surface area contributed by atoms with Gasteiger partial charge in [0.2, 0.25) is 0 Å². The van der Waals surface area contributed by atoms with E-state index >= 15 is 0 Å². The number of hydrogen-bond donors (Lipinski definition) is 1. The van der Waals surface area contributed by atoms with Crippen LogP contribution in [-0.4, -0.2) is 31.9 Å². The second-order valence-electron chi connectivity index (χ2n) is 4.28. The molecule has 0 aliphatic carbocycles. The van der Waals surface area contributed by atoms with E-state index in [2.05, 4.69) is 5.32 Å². The molecule has 6 heteroatoms. The summed E-state index contributed by atoms with van der Waals surface area (Å²) in [5.74, 6) is 0. The van der Waals surface area contributed by atoms with Crippen LogP contribution in [-0.2, 0) is 0 Å². The summed E-state index contributed by atoms with van der Waals surface area (Å²) in [6.07, 6.45) is -3.55. The topological polar surface area (TPSA) is 15.3 Å². The normalized spacial score (nSPS) is 21.8. The van der Waals surface area contributed by atoms with Crippen LogP contribution in [0.2, 0.25) is 5.02 Å². The molecule has 2 rings (SSSR count). The van der Waals surface area contributed by atoms with Crippen molar-refractivity contribution in [3.8, 4) is 0 Å². The first-order chi connectivity index (χ1) is 8.48. The van der Waals surface area contributed by atoms with E-state index in [-0.39, 0.29) is 6.54 Å². The standard InChI is InChI=1S/C12H14ClF3N2/c13-9-2-4-10(5-3-9)18-7-1-6-17-8-11(18)12(14,15)16/h2-5,11,17H,1,6-8H2. The second-order valence-corrected chi connectivity index (χ2v) is 4.72. The molecular weight excluding hydrogens is 265 g/mol. The lowest BCUT2D eigenvalue weighted by Gasteiger charge is -2.33. The maximum atomic E-state index is 13.0. The Labute approximate surface area is 109 Å². The van der Waals surface area contributed by atoms with E-state index in [0.29, 0.717) is 30.2 Å².